The minimum Gasteiger partial charge on any atom is -0.394 e. The van der Waals surface area contributed by atoms with Crippen molar-refractivity contribution in [1.82, 2.24) is 10.6 Å². The van der Waals surface area contributed by atoms with Gasteiger partial charge in [-0.15, -0.1) is 0 Å². The SMILES string of the molecule is O=C(Nc1ccc(Cl)c(Cl)c1)N[C@H]1CC[C@@H](CCNC(=O)c2ccc(F)cc2)O[C@H]1CO. The molecule has 7 nitrogen and oxygen atoms in total. The average molecular weight is 484 g/mol. The molecule has 3 amide bonds. The number of aliphatic hydroxyl groups excluding tert-OH is 1. The Kier molecular flexibility index (Phi) is 8.69. The van der Waals surface area contributed by atoms with Crippen molar-refractivity contribution in [2.45, 2.75) is 37.5 Å². The first-order valence-electron chi connectivity index (χ1n) is 10.2. The molecule has 1 saturated heterocycles. The fraction of sp³-hybridized carbons (Fsp3) is 0.364. The number of benzene rings is 2. The van der Waals surface area contributed by atoms with Crippen LogP contribution in [-0.4, -0.2) is 48.4 Å². The van der Waals surface area contributed by atoms with Crippen LogP contribution < -0.4 is 16.0 Å². The molecule has 32 heavy (non-hydrogen) atoms. The molecule has 1 aliphatic heterocycles. The Morgan fingerprint density at radius 3 is 2.53 bits per heavy atom. The first-order chi connectivity index (χ1) is 15.4. The van der Waals surface area contributed by atoms with E-state index < -0.39 is 18.0 Å². The van der Waals surface area contributed by atoms with Crippen LogP contribution in [0.25, 0.3) is 0 Å². The van der Waals surface area contributed by atoms with Gasteiger partial charge in [0.05, 0.1) is 28.8 Å². The Morgan fingerprint density at radius 2 is 1.84 bits per heavy atom. The second kappa shape index (κ2) is 11.5. The molecule has 0 unspecified atom stereocenters. The van der Waals surface area contributed by atoms with Gasteiger partial charge in [-0.3, -0.25) is 4.79 Å². The van der Waals surface area contributed by atoms with Gasteiger partial charge in [0, 0.05) is 17.8 Å². The molecule has 0 radical (unpaired) electrons. The minimum absolute atomic E-state index is 0.170. The number of carbonyl (C=O) groups excluding carboxylic acids is 2. The molecule has 2 aromatic carbocycles. The highest BCUT2D eigenvalue weighted by Crippen LogP contribution is 2.25. The summed E-state index contributed by atoms with van der Waals surface area (Å²) in [7, 11) is 0. The molecule has 3 atom stereocenters. The number of nitrogens with one attached hydrogen (secondary N) is 3. The smallest absolute Gasteiger partial charge is 0.319 e. The number of hydrogen-bond donors (Lipinski definition) is 4. The summed E-state index contributed by atoms with van der Waals surface area (Å²) in [4.78, 5) is 24.4. The number of anilines is 1. The van der Waals surface area contributed by atoms with Crippen molar-refractivity contribution in [2.75, 3.05) is 18.5 Å². The molecule has 3 rings (SSSR count). The number of carbonyl (C=O) groups is 2. The molecule has 1 aliphatic rings. The van der Waals surface area contributed by atoms with E-state index >= 15 is 0 Å². The maximum Gasteiger partial charge on any atom is 0.319 e. The van der Waals surface area contributed by atoms with E-state index in [0.29, 0.717) is 47.1 Å². The molecule has 0 aromatic heterocycles. The van der Waals surface area contributed by atoms with Crippen molar-refractivity contribution in [3.8, 4) is 0 Å². The van der Waals surface area contributed by atoms with Gasteiger partial charge in [0.15, 0.2) is 0 Å². The lowest BCUT2D eigenvalue weighted by molar-refractivity contribution is -0.0886. The second-order valence-electron chi connectivity index (χ2n) is 7.44. The quantitative estimate of drug-likeness (QED) is 0.478. The van der Waals surface area contributed by atoms with E-state index in [4.69, 9.17) is 27.9 Å². The molecule has 172 valence electrons. The van der Waals surface area contributed by atoms with Gasteiger partial charge in [-0.05, 0) is 61.7 Å². The van der Waals surface area contributed by atoms with Gasteiger partial charge >= 0.3 is 6.03 Å². The van der Waals surface area contributed by atoms with Crippen LogP contribution in [0.4, 0.5) is 14.9 Å². The van der Waals surface area contributed by atoms with Crippen molar-refractivity contribution in [3.63, 3.8) is 0 Å². The van der Waals surface area contributed by atoms with E-state index in [9.17, 15) is 19.1 Å². The second-order valence-corrected chi connectivity index (χ2v) is 8.26. The van der Waals surface area contributed by atoms with Gasteiger partial charge in [0.25, 0.3) is 5.91 Å². The first kappa shape index (κ1) is 24.3. The summed E-state index contributed by atoms with van der Waals surface area (Å²) < 4.78 is 18.9. The average Bonchev–Trinajstić information content (AvgIpc) is 2.77. The number of aliphatic hydroxyl groups is 1. The van der Waals surface area contributed by atoms with Crippen molar-refractivity contribution in [3.05, 3.63) is 63.9 Å². The molecule has 0 saturated carbocycles. The van der Waals surface area contributed by atoms with Crippen molar-refractivity contribution in [2.24, 2.45) is 0 Å². The van der Waals surface area contributed by atoms with Crippen LogP contribution in [0.1, 0.15) is 29.6 Å². The molecule has 0 spiro atoms. The highest BCUT2D eigenvalue weighted by molar-refractivity contribution is 6.42. The predicted molar refractivity (Wildman–Crippen MR) is 121 cm³/mol. The summed E-state index contributed by atoms with van der Waals surface area (Å²) in [5, 5.41) is 18.7. The third kappa shape index (κ3) is 6.80. The van der Waals surface area contributed by atoms with Crippen molar-refractivity contribution < 1.29 is 23.8 Å². The van der Waals surface area contributed by atoms with Gasteiger partial charge in [-0.1, -0.05) is 23.2 Å². The van der Waals surface area contributed by atoms with Crippen LogP contribution in [0, 0.1) is 5.82 Å². The number of halogens is 3. The van der Waals surface area contributed by atoms with Gasteiger partial charge in [-0.25, -0.2) is 9.18 Å². The van der Waals surface area contributed by atoms with E-state index in [1.807, 2.05) is 0 Å². The van der Waals surface area contributed by atoms with Crippen LogP contribution in [0.3, 0.4) is 0 Å². The zero-order valence-corrected chi connectivity index (χ0v) is 18.6. The van der Waals surface area contributed by atoms with E-state index in [2.05, 4.69) is 16.0 Å². The molecular weight excluding hydrogens is 460 g/mol. The Bertz CT molecular complexity index is 945. The first-order valence-corrected chi connectivity index (χ1v) is 10.9. The predicted octanol–water partition coefficient (Wildman–Crippen LogP) is 3.98. The third-order valence-electron chi connectivity index (χ3n) is 5.15. The van der Waals surface area contributed by atoms with Crippen molar-refractivity contribution >= 4 is 40.8 Å². The zero-order valence-electron chi connectivity index (χ0n) is 17.1. The van der Waals surface area contributed by atoms with Crippen LogP contribution in [-0.2, 0) is 4.74 Å². The normalized spacial score (nSPS) is 20.4. The maximum absolute atomic E-state index is 13.0. The monoisotopic (exact) mass is 483 g/mol. The number of ether oxygens (including phenoxy) is 1. The number of hydrogen-bond acceptors (Lipinski definition) is 4. The number of urea groups is 1. The van der Waals surface area contributed by atoms with Crippen LogP contribution in [0.2, 0.25) is 10.0 Å². The molecule has 1 heterocycles. The Morgan fingerprint density at radius 1 is 1.09 bits per heavy atom. The summed E-state index contributed by atoms with van der Waals surface area (Å²) in [6.45, 7) is 0.116. The Balaban J connectivity index is 1.43. The summed E-state index contributed by atoms with van der Waals surface area (Å²) in [6, 6.07) is 9.25. The fourth-order valence-electron chi connectivity index (χ4n) is 3.47. The maximum atomic E-state index is 13.0. The van der Waals surface area contributed by atoms with Crippen LogP contribution in [0.5, 0.6) is 0 Å². The van der Waals surface area contributed by atoms with Crippen LogP contribution >= 0.6 is 23.2 Å². The summed E-state index contributed by atoms with van der Waals surface area (Å²) in [5.41, 5.74) is 0.866. The lowest BCUT2D eigenvalue weighted by Gasteiger charge is -2.36. The highest BCUT2D eigenvalue weighted by Gasteiger charge is 2.31. The van der Waals surface area contributed by atoms with Crippen molar-refractivity contribution in [1.29, 1.82) is 0 Å². The summed E-state index contributed by atoms with van der Waals surface area (Å²) >= 11 is 11.8. The van der Waals surface area contributed by atoms with Gasteiger partial charge < -0.3 is 25.8 Å². The van der Waals surface area contributed by atoms with E-state index in [-0.39, 0.29) is 24.7 Å². The summed E-state index contributed by atoms with van der Waals surface area (Å²) in [6.07, 6.45) is 1.07. The molecule has 0 bridgehead atoms. The Labute approximate surface area is 195 Å². The third-order valence-corrected chi connectivity index (χ3v) is 5.89. The number of amides is 3. The molecule has 4 N–H and O–H groups in total. The molecule has 1 fully saturated rings. The van der Waals surface area contributed by atoms with E-state index in [1.54, 1.807) is 18.2 Å². The Hall–Kier alpha value is -2.39. The minimum atomic E-state index is -0.568. The summed E-state index contributed by atoms with van der Waals surface area (Å²) in [5.74, 6) is -0.695. The van der Waals surface area contributed by atoms with E-state index in [0.717, 1.165) is 0 Å². The van der Waals surface area contributed by atoms with Gasteiger partial charge in [0.1, 0.15) is 11.9 Å². The molecule has 2 aromatic rings. The number of rotatable bonds is 7. The molecule has 10 heteroatoms. The van der Waals surface area contributed by atoms with E-state index in [1.165, 1.54) is 24.3 Å². The topological polar surface area (TPSA) is 99.7 Å². The molecule has 0 aliphatic carbocycles. The highest BCUT2D eigenvalue weighted by atomic mass is 35.5. The zero-order chi connectivity index (χ0) is 23.1. The van der Waals surface area contributed by atoms with Crippen LogP contribution in [0.15, 0.2) is 42.5 Å². The lowest BCUT2D eigenvalue weighted by atomic mass is 9.97. The standard InChI is InChI=1S/C22H24Cl2FN3O4/c23-17-7-5-15(11-18(17)24)27-22(31)28-19-8-6-16(32-20(19)12-29)9-10-26-21(30)13-1-3-14(25)4-2-13/h1-5,7,11,16,19-20,29H,6,8-10,12H2,(H,26,30)(H2,27,28,31)/t16-,19-,20-/m0/s1. The van der Waals surface area contributed by atoms with Gasteiger partial charge in [0.2, 0.25) is 0 Å². The molecular formula is C22H24Cl2FN3O4. The largest absolute Gasteiger partial charge is 0.394 e. The lowest BCUT2D eigenvalue weighted by Crippen LogP contribution is -2.52. The van der Waals surface area contributed by atoms with Gasteiger partial charge in [-0.2, -0.15) is 0 Å². The fourth-order valence-corrected chi connectivity index (χ4v) is 3.77.